The van der Waals surface area contributed by atoms with Gasteiger partial charge in [-0.15, -0.1) is 0 Å². The zero-order chi connectivity index (χ0) is 10.2. The fourth-order valence-corrected chi connectivity index (χ4v) is 1.79. The van der Waals surface area contributed by atoms with Crippen LogP contribution < -0.4 is 10.5 Å². The summed E-state index contributed by atoms with van der Waals surface area (Å²) in [6.45, 7) is 0.459. The van der Waals surface area contributed by atoms with E-state index in [1.807, 2.05) is 0 Å². The molecule has 6 heteroatoms. The Morgan fingerprint density at radius 1 is 1.43 bits per heavy atom. The maximum atomic E-state index is 11.0. The molecule has 1 aliphatic rings. The number of anilines is 1. The second-order valence-electron chi connectivity index (χ2n) is 2.94. The number of sulfonamides is 1. The molecule has 0 saturated carbocycles. The summed E-state index contributed by atoms with van der Waals surface area (Å²) in [5.74, 6) is 0. The molecule has 0 atom stereocenters. The largest absolute Gasteiger partial charge is 0.366 e. The van der Waals surface area contributed by atoms with Gasteiger partial charge in [-0.05, 0) is 12.1 Å². The van der Waals surface area contributed by atoms with Crippen LogP contribution in [0.1, 0.15) is 5.56 Å². The van der Waals surface area contributed by atoms with Crippen LogP contribution in [-0.4, -0.2) is 21.3 Å². The minimum atomic E-state index is -3.62. The molecule has 74 valence electrons. The van der Waals surface area contributed by atoms with Crippen molar-refractivity contribution in [1.29, 1.82) is 0 Å². The summed E-state index contributed by atoms with van der Waals surface area (Å²) in [6.07, 6.45) is 1.69. The SMILES string of the molecule is NS(=O)(=O)c1ccc2c(c1)NCN=C2. The first kappa shape index (κ1) is 9.17. The Balaban J connectivity index is 2.55. The molecule has 1 aromatic carbocycles. The number of rotatable bonds is 1. The van der Waals surface area contributed by atoms with E-state index in [4.69, 9.17) is 5.14 Å². The van der Waals surface area contributed by atoms with Crippen LogP contribution in [0.2, 0.25) is 0 Å². The van der Waals surface area contributed by atoms with Crippen LogP contribution in [-0.2, 0) is 10.0 Å². The van der Waals surface area contributed by atoms with E-state index < -0.39 is 10.0 Å². The van der Waals surface area contributed by atoms with Gasteiger partial charge in [-0.1, -0.05) is 6.07 Å². The van der Waals surface area contributed by atoms with Gasteiger partial charge in [0, 0.05) is 17.5 Å². The van der Waals surface area contributed by atoms with Gasteiger partial charge in [0.05, 0.1) is 4.90 Å². The summed E-state index contributed by atoms with van der Waals surface area (Å²) in [4.78, 5) is 4.10. The highest BCUT2D eigenvalue weighted by Crippen LogP contribution is 2.20. The molecule has 3 N–H and O–H groups in total. The molecule has 0 saturated heterocycles. The number of nitrogens with one attached hydrogen (secondary N) is 1. The van der Waals surface area contributed by atoms with Gasteiger partial charge < -0.3 is 5.32 Å². The van der Waals surface area contributed by atoms with Crippen molar-refractivity contribution in [2.24, 2.45) is 10.1 Å². The number of benzene rings is 1. The van der Waals surface area contributed by atoms with E-state index in [0.717, 1.165) is 11.3 Å². The first-order valence-corrected chi connectivity index (χ1v) is 5.52. The molecule has 0 aliphatic carbocycles. The summed E-state index contributed by atoms with van der Waals surface area (Å²) in [5.41, 5.74) is 1.61. The zero-order valence-corrected chi connectivity index (χ0v) is 8.08. The summed E-state index contributed by atoms with van der Waals surface area (Å²) in [5, 5.41) is 7.96. The van der Waals surface area contributed by atoms with Crippen LogP contribution in [0, 0.1) is 0 Å². The maximum absolute atomic E-state index is 11.0. The van der Waals surface area contributed by atoms with E-state index >= 15 is 0 Å². The molecule has 2 rings (SSSR count). The number of hydrogen-bond acceptors (Lipinski definition) is 4. The summed E-state index contributed by atoms with van der Waals surface area (Å²) in [7, 11) is -3.62. The zero-order valence-electron chi connectivity index (χ0n) is 7.27. The molecule has 0 unspecified atom stereocenters. The highest BCUT2D eigenvalue weighted by molar-refractivity contribution is 7.89. The van der Waals surface area contributed by atoms with Crippen LogP contribution in [0.15, 0.2) is 28.1 Å². The summed E-state index contributed by atoms with van der Waals surface area (Å²) in [6, 6.07) is 4.65. The van der Waals surface area contributed by atoms with Crippen molar-refractivity contribution in [1.82, 2.24) is 0 Å². The third-order valence-electron chi connectivity index (χ3n) is 1.94. The molecule has 0 amide bonds. The molecule has 1 aromatic rings. The molecule has 0 spiro atoms. The lowest BCUT2D eigenvalue weighted by Gasteiger charge is -2.12. The fourth-order valence-electron chi connectivity index (χ4n) is 1.25. The van der Waals surface area contributed by atoms with E-state index in [9.17, 15) is 8.42 Å². The molecule has 14 heavy (non-hydrogen) atoms. The van der Waals surface area contributed by atoms with E-state index in [1.54, 1.807) is 12.3 Å². The van der Waals surface area contributed by atoms with Crippen molar-refractivity contribution in [2.45, 2.75) is 4.90 Å². The molecule has 1 heterocycles. The normalized spacial score (nSPS) is 14.6. The predicted octanol–water partition coefficient (Wildman–Crippen LogP) is 0.136. The molecular weight excluding hydrogens is 202 g/mol. The lowest BCUT2D eigenvalue weighted by molar-refractivity contribution is 0.598. The summed E-state index contributed by atoms with van der Waals surface area (Å²) >= 11 is 0. The first-order valence-electron chi connectivity index (χ1n) is 3.98. The standard InChI is InChI=1S/C8H9N3O2S/c9-14(12,13)7-2-1-6-4-10-5-11-8(6)3-7/h1-4,11H,5H2,(H2,9,12,13). The summed E-state index contributed by atoms with van der Waals surface area (Å²) < 4.78 is 22.1. The average molecular weight is 211 g/mol. The Hall–Kier alpha value is -1.40. The van der Waals surface area contributed by atoms with E-state index in [0.29, 0.717) is 6.67 Å². The number of hydrogen-bond donors (Lipinski definition) is 2. The van der Waals surface area contributed by atoms with Crippen LogP contribution in [0.4, 0.5) is 5.69 Å². The molecule has 0 fully saturated rings. The van der Waals surface area contributed by atoms with Crippen molar-refractivity contribution < 1.29 is 8.42 Å². The minimum absolute atomic E-state index is 0.110. The van der Waals surface area contributed by atoms with Gasteiger partial charge in [0.1, 0.15) is 6.67 Å². The predicted molar refractivity (Wildman–Crippen MR) is 53.9 cm³/mol. The first-order chi connectivity index (χ1) is 6.57. The third kappa shape index (κ3) is 1.61. The lowest BCUT2D eigenvalue weighted by atomic mass is 10.2. The van der Waals surface area contributed by atoms with Crippen molar-refractivity contribution >= 4 is 21.9 Å². The van der Waals surface area contributed by atoms with Crippen LogP contribution in [0.3, 0.4) is 0 Å². The number of fused-ring (bicyclic) bond motifs is 1. The van der Waals surface area contributed by atoms with Gasteiger partial charge in [-0.3, -0.25) is 4.99 Å². The number of nitrogens with zero attached hydrogens (tertiary/aromatic N) is 1. The monoisotopic (exact) mass is 211 g/mol. The lowest BCUT2D eigenvalue weighted by Crippen LogP contribution is -2.14. The smallest absolute Gasteiger partial charge is 0.238 e. The Labute approximate surface area is 81.7 Å². The van der Waals surface area contributed by atoms with Crippen molar-refractivity contribution in [3.05, 3.63) is 23.8 Å². The topological polar surface area (TPSA) is 84.5 Å². The van der Waals surface area contributed by atoms with Crippen LogP contribution in [0.5, 0.6) is 0 Å². The number of aliphatic imine (C=N–C) groups is 1. The van der Waals surface area contributed by atoms with Gasteiger partial charge in [0.2, 0.25) is 10.0 Å². The highest BCUT2D eigenvalue weighted by atomic mass is 32.2. The molecule has 0 radical (unpaired) electrons. The van der Waals surface area contributed by atoms with Gasteiger partial charge in [0.25, 0.3) is 0 Å². The molecular formula is C8H9N3O2S. The van der Waals surface area contributed by atoms with Crippen molar-refractivity contribution in [3.63, 3.8) is 0 Å². The molecule has 0 bridgehead atoms. The minimum Gasteiger partial charge on any atom is -0.366 e. The van der Waals surface area contributed by atoms with Gasteiger partial charge in [0.15, 0.2) is 0 Å². The molecule has 1 aliphatic heterocycles. The molecule has 5 nitrogen and oxygen atoms in total. The van der Waals surface area contributed by atoms with Gasteiger partial charge in [-0.25, -0.2) is 13.6 Å². The number of nitrogens with two attached hydrogens (primary N) is 1. The quantitative estimate of drug-likeness (QED) is 0.692. The van der Waals surface area contributed by atoms with Crippen LogP contribution in [0.25, 0.3) is 0 Å². The van der Waals surface area contributed by atoms with E-state index in [-0.39, 0.29) is 4.90 Å². The van der Waals surface area contributed by atoms with Crippen molar-refractivity contribution in [2.75, 3.05) is 12.0 Å². The number of primary sulfonamides is 1. The maximum Gasteiger partial charge on any atom is 0.238 e. The fraction of sp³-hybridized carbons (Fsp3) is 0.125. The van der Waals surface area contributed by atoms with E-state index in [2.05, 4.69) is 10.3 Å². The van der Waals surface area contributed by atoms with Gasteiger partial charge in [-0.2, -0.15) is 0 Å². The van der Waals surface area contributed by atoms with E-state index in [1.165, 1.54) is 12.1 Å². The Kier molecular flexibility index (Phi) is 2.01. The third-order valence-corrected chi connectivity index (χ3v) is 2.86. The average Bonchev–Trinajstić information content (AvgIpc) is 2.16. The Morgan fingerprint density at radius 2 is 2.21 bits per heavy atom. The Morgan fingerprint density at radius 3 is 2.93 bits per heavy atom. The second-order valence-corrected chi connectivity index (χ2v) is 4.50. The second kappa shape index (κ2) is 3.07. The Bertz CT molecular complexity index is 493. The molecule has 0 aromatic heterocycles. The van der Waals surface area contributed by atoms with Gasteiger partial charge >= 0.3 is 0 Å². The van der Waals surface area contributed by atoms with Crippen LogP contribution >= 0.6 is 0 Å². The highest BCUT2D eigenvalue weighted by Gasteiger charge is 2.11. The van der Waals surface area contributed by atoms with Crippen molar-refractivity contribution in [3.8, 4) is 0 Å².